The Labute approximate surface area is 162 Å². The molecule has 28 heavy (non-hydrogen) atoms. The van der Waals surface area contributed by atoms with Gasteiger partial charge in [-0.2, -0.15) is 0 Å². The molecule has 0 atom stereocenters. The van der Waals surface area contributed by atoms with Crippen LogP contribution in [-0.4, -0.2) is 65.9 Å². The Kier molecular flexibility index (Phi) is 17.5. The first-order valence-corrected chi connectivity index (χ1v) is 8.82. The molecule has 0 aliphatic heterocycles. The summed E-state index contributed by atoms with van der Waals surface area (Å²) in [5.41, 5.74) is 5.26. The fourth-order valence-corrected chi connectivity index (χ4v) is 1.68. The van der Waals surface area contributed by atoms with Crippen LogP contribution in [0, 0.1) is 17.5 Å². The van der Waals surface area contributed by atoms with Gasteiger partial charge in [-0.05, 0) is 6.42 Å². The monoisotopic (exact) mass is 411 g/mol. The zero-order valence-corrected chi connectivity index (χ0v) is 16.0. The average molecular weight is 411 g/mol. The maximum absolute atomic E-state index is 12.5. The summed E-state index contributed by atoms with van der Waals surface area (Å²) in [4.78, 5) is 9.71. The minimum absolute atomic E-state index is 0.139. The summed E-state index contributed by atoms with van der Waals surface area (Å²) in [6.07, 6.45) is 1.05. The maximum atomic E-state index is 12.5. The van der Waals surface area contributed by atoms with Gasteiger partial charge in [0.25, 0.3) is 6.47 Å². The van der Waals surface area contributed by atoms with Crippen LogP contribution in [0.2, 0.25) is 0 Å². The number of carbonyl (C=O) groups excluding carboxylic acids is 1. The molecule has 2 N–H and O–H groups in total. The molecule has 0 aromatic heterocycles. The first-order valence-electron chi connectivity index (χ1n) is 8.82. The van der Waals surface area contributed by atoms with Crippen LogP contribution in [-0.2, 0) is 23.7 Å². The molecule has 1 rings (SSSR count). The number of ether oxygens (including phenoxy) is 5. The molecule has 0 spiro atoms. The first-order chi connectivity index (χ1) is 13.6. The molecule has 7 nitrogen and oxygen atoms in total. The molecule has 0 saturated heterocycles. The Morgan fingerprint density at radius 3 is 1.64 bits per heavy atom. The van der Waals surface area contributed by atoms with E-state index in [4.69, 9.17) is 24.7 Å². The third-order valence-electron chi connectivity index (χ3n) is 2.86. The van der Waals surface area contributed by atoms with Crippen LogP contribution >= 0.6 is 0 Å². The summed E-state index contributed by atoms with van der Waals surface area (Å²) in [6.45, 7) is 7.58. The van der Waals surface area contributed by atoms with E-state index in [9.17, 15) is 18.0 Å². The average Bonchev–Trinajstić information content (AvgIpc) is 2.66. The topological polar surface area (TPSA) is 89.2 Å². The van der Waals surface area contributed by atoms with Crippen molar-refractivity contribution < 1.29 is 41.7 Å². The molecule has 0 amide bonds. The van der Waals surface area contributed by atoms with Crippen molar-refractivity contribution >= 4 is 6.47 Å². The number of hydrogen-bond acceptors (Lipinski definition) is 7. The summed E-state index contributed by atoms with van der Waals surface area (Å²) >= 11 is 0. The molecule has 0 fully saturated rings. The highest BCUT2D eigenvalue weighted by molar-refractivity contribution is 5.45. The van der Waals surface area contributed by atoms with E-state index in [1.54, 1.807) is 0 Å². The zero-order chi connectivity index (χ0) is 21.0. The van der Waals surface area contributed by atoms with Gasteiger partial charge in [0, 0.05) is 25.3 Å². The molecule has 0 unspecified atom stereocenters. The molecule has 0 bridgehead atoms. The summed E-state index contributed by atoms with van der Waals surface area (Å²) in [5.74, 6) is -4.46. The van der Waals surface area contributed by atoms with Crippen LogP contribution in [0.3, 0.4) is 0 Å². The lowest BCUT2D eigenvalue weighted by Gasteiger charge is -2.06. The number of nitrogens with two attached hydrogens (primary N) is 1. The van der Waals surface area contributed by atoms with Crippen molar-refractivity contribution in [3.63, 3.8) is 0 Å². The number of rotatable bonds is 15. The fourth-order valence-electron chi connectivity index (χ4n) is 1.68. The minimum atomic E-state index is -1.25. The molecule has 10 heteroatoms. The van der Waals surface area contributed by atoms with E-state index in [1.807, 2.05) is 0 Å². The Hall–Kier alpha value is -1.72. The van der Waals surface area contributed by atoms with Crippen molar-refractivity contribution in [2.24, 2.45) is 5.73 Å². The van der Waals surface area contributed by atoms with Gasteiger partial charge in [-0.3, -0.25) is 4.79 Å². The molecule has 0 radical (unpaired) electrons. The molecule has 1 aromatic rings. The van der Waals surface area contributed by atoms with Gasteiger partial charge in [0.05, 0.1) is 46.2 Å². The van der Waals surface area contributed by atoms with Crippen molar-refractivity contribution in [3.8, 4) is 5.75 Å². The third-order valence-corrected chi connectivity index (χ3v) is 2.86. The third kappa shape index (κ3) is 14.4. The van der Waals surface area contributed by atoms with Crippen LogP contribution in [0.1, 0.15) is 13.3 Å². The Bertz CT molecular complexity index is 485. The lowest BCUT2D eigenvalue weighted by Crippen LogP contribution is -2.14. The van der Waals surface area contributed by atoms with E-state index >= 15 is 0 Å². The summed E-state index contributed by atoms with van der Waals surface area (Å²) < 4.78 is 62.2. The van der Waals surface area contributed by atoms with Crippen LogP contribution < -0.4 is 10.5 Å². The molecule has 0 aliphatic rings. The van der Waals surface area contributed by atoms with Crippen molar-refractivity contribution in [2.75, 3.05) is 59.4 Å². The second-order valence-corrected chi connectivity index (χ2v) is 5.15. The zero-order valence-electron chi connectivity index (χ0n) is 16.0. The fraction of sp³-hybridized carbons (Fsp3) is 0.611. The van der Waals surface area contributed by atoms with Gasteiger partial charge in [-0.1, -0.05) is 6.92 Å². The van der Waals surface area contributed by atoms with Crippen molar-refractivity contribution in [2.45, 2.75) is 13.3 Å². The smallest absolute Gasteiger partial charge is 0.298 e. The van der Waals surface area contributed by atoms with Crippen molar-refractivity contribution in [3.05, 3.63) is 29.6 Å². The number of carbonyl (C=O) groups is 1. The highest BCUT2D eigenvalue weighted by Gasteiger charge is 2.12. The van der Waals surface area contributed by atoms with Gasteiger partial charge < -0.3 is 29.4 Å². The predicted octanol–water partition coefficient (Wildman–Crippen LogP) is 2.06. The van der Waals surface area contributed by atoms with Gasteiger partial charge in [-0.25, -0.2) is 13.2 Å². The molecule has 0 aliphatic carbocycles. The SMILES string of the molecule is CCCOCCOCCOCCOCCN.O=COc1c(F)cc(F)cc1F. The van der Waals surface area contributed by atoms with Gasteiger partial charge in [0.2, 0.25) is 5.75 Å². The standard InChI is InChI=1S/C11H25NO4.C7H3F3O2/c1-2-4-13-6-8-15-10-11-16-9-7-14-5-3-12;8-4-1-5(9)7(12-3-11)6(10)2-4/h2-12H2,1H3;1-3H. The minimum Gasteiger partial charge on any atom is -0.422 e. The summed E-state index contributed by atoms with van der Waals surface area (Å²) in [5, 5.41) is 0. The lowest BCUT2D eigenvalue weighted by molar-refractivity contribution is -0.121. The van der Waals surface area contributed by atoms with E-state index in [2.05, 4.69) is 11.7 Å². The van der Waals surface area contributed by atoms with E-state index in [1.165, 1.54) is 0 Å². The second kappa shape index (κ2) is 18.6. The molecular formula is C18H28F3NO6. The highest BCUT2D eigenvalue weighted by Crippen LogP contribution is 2.21. The molecule has 1 aromatic carbocycles. The summed E-state index contributed by atoms with van der Waals surface area (Å²) in [6, 6.07) is 0.837. The van der Waals surface area contributed by atoms with Crippen LogP contribution in [0.25, 0.3) is 0 Å². The quantitative estimate of drug-likeness (QED) is 0.349. The Balaban J connectivity index is 0.000000540. The van der Waals surface area contributed by atoms with Crippen LogP contribution in [0.5, 0.6) is 5.75 Å². The van der Waals surface area contributed by atoms with E-state index in [0.29, 0.717) is 64.9 Å². The maximum Gasteiger partial charge on any atom is 0.298 e. The second-order valence-electron chi connectivity index (χ2n) is 5.15. The summed E-state index contributed by atoms with van der Waals surface area (Å²) in [7, 11) is 0. The van der Waals surface area contributed by atoms with Crippen molar-refractivity contribution in [1.29, 1.82) is 0 Å². The van der Waals surface area contributed by atoms with Gasteiger partial charge in [-0.15, -0.1) is 0 Å². The molecule has 0 heterocycles. The van der Waals surface area contributed by atoms with E-state index < -0.39 is 23.2 Å². The number of benzene rings is 1. The number of hydrogen-bond donors (Lipinski definition) is 1. The van der Waals surface area contributed by atoms with Crippen LogP contribution in [0.15, 0.2) is 12.1 Å². The largest absolute Gasteiger partial charge is 0.422 e. The molecular weight excluding hydrogens is 383 g/mol. The van der Waals surface area contributed by atoms with Crippen molar-refractivity contribution in [1.82, 2.24) is 0 Å². The molecule has 0 saturated carbocycles. The highest BCUT2D eigenvalue weighted by atomic mass is 19.1. The molecule has 162 valence electrons. The predicted molar refractivity (Wildman–Crippen MR) is 95.6 cm³/mol. The number of halogens is 3. The van der Waals surface area contributed by atoms with E-state index in [-0.39, 0.29) is 6.47 Å². The lowest BCUT2D eigenvalue weighted by atomic mass is 10.3. The Morgan fingerprint density at radius 1 is 0.821 bits per heavy atom. The van der Waals surface area contributed by atoms with Gasteiger partial charge >= 0.3 is 0 Å². The van der Waals surface area contributed by atoms with Crippen LogP contribution in [0.4, 0.5) is 13.2 Å². The Morgan fingerprint density at radius 2 is 1.25 bits per heavy atom. The normalized spacial score (nSPS) is 10.3. The first kappa shape index (κ1) is 26.3. The van der Waals surface area contributed by atoms with E-state index in [0.717, 1.165) is 13.0 Å². The van der Waals surface area contributed by atoms with Gasteiger partial charge in [0.1, 0.15) is 5.82 Å². The van der Waals surface area contributed by atoms with Gasteiger partial charge in [0.15, 0.2) is 11.6 Å².